The average Bonchev–Trinajstić information content (AvgIpc) is 3.20. The van der Waals surface area contributed by atoms with Crippen LogP contribution in [0, 0.1) is 5.92 Å². The molecule has 0 aromatic heterocycles. The minimum Gasteiger partial charge on any atom is -0.349 e. The van der Waals surface area contributed by atoms with Crippen molar-refractivity contribution < 1.29 is 21.9 Å². The predicted molar refractivity (Wildman–Crippen MR) is 82.3 cm³/mol. The minimum atomic E-state index is -4.63. The van der Waals surface area contributed by atoms with E-state index in [4.69, 9.17) is 0 Å². The van der Waals surface area contributed by atoms with Gasteiger partial charge in [0, 0.05) is 24.9 Å². The number of amides is 2. The summed E-state index contributed by atoms with van der Waals surface area (Å²) in [6, 6.07) is 6.87. The van der Waals surface area contributed by atoms with Gasteiger partial charge in [-0.15, -0.1) is 3.89 Å². The van der Waals surface area contributed by atoms with Crippen LogP contribution in [0.4, 0.5) is 9.57 Å². The largest absolute Gasteiger partial charge is 0.349 e. The molecule has 23 heavy (non-hydrogen) atoms. The Bertz CT molecular complexity index is 746. The Morgan fingerprint density at radius 2 is 2.00 bits per heavy atom. The van der Waals surface area contributed by atoms with Gasteiger partial charge in [0.1, 0.15) is 0 Å². The fourth-order valence-electron chi connectivity index (χ4n) is 2.80. The summed E-state index contributed by atoms with van der Waals surface area (Å²) >= 11 is 0. The van der Waals surface area contributed by atoms with Gasteiger partial charge in [0.25, 0.3) is 5.91 Å². The topological polar surface area (TPSA) is 83.6 Å². The number of hydrogen-bond donors (Lipinski definition) is 1. The van der Waals surface area contributed by atoms with Crippen LogP contribution in [0.3, 0.4) is 0 Å². The quantitative estimate of drug-likeness (QED) is 0.817. The van der Waals surface area contributed by atoms with Crippen LogP contribution in [0.1, 0.15) is 29.6 Å². The van der Waals surface area contributed by atoms with Gasteiger partial charge < -0.3 is 10.2 Å². The number of para-hydroxylation sites is 1. The highest BCUT2D eigenvalue weighted by Gasteiger charge is 2.35. The van der Waals surface area contributed by atoms with Crippen molar-refractivity contribution in [2.24, 2.45) is 5.92 Å². The van der Waals surface area contributed by atoms with Gasteiger partial charge in [-0.1, -0.05) is 12.1 Å². The molecule has 0 radical (unpaired) electrons. The summed E-state index contributed by atoms with van der Waals surface area (Å²) in [5.74, 6) is -1.83. The van der Waals surface area contributed by atoms with Gasteiger partial charge in [-0.05, 0) is 25.0 Å². The van der Waals surface area contributed by atoms with Gasteiger partial charge in [0.2, 0.25) is 5.91 Å². The maximum absolute atomic E-state index is 12.8. The monoisotopic (exact) mass is 340 g/mol. The summed E-state index contributed by atoms with van der Waals surface area (Å²) in [4.78, 5) is 25.8. The third-order valence-electron chi connectivity index (χ3n) is 3.99. The second kappa shape index (κ2) is 5.92. The molecule has 1 saturated carbocycles. The highest BCUT2D eigenvalue weighted by molar-refractivity contribution is 7.86. The van der Waals surface area contributed by atoms with E-state index in [1.54, 1.807) is 24.3 Å². The molecule has 0 spiro atoms. The minimum absolute atomic E-state index is 0.0400. The Kier molecular flexibility index (Phi) is 4.09. The summed E-state index contributed by atoms with van der Waals surface area (Å²) in [5, 5.41) is 2.87. The van der Waals surface area contributed by atoms with Crippen molar-refractivity contribution >= 4 is 27.7 Å². The molecule has 1 atom stereocenters. The van der Waals surface area contributed by atoms with Crippen LogP contribution in [-0.4, -0.2) is 38.6 Å². The summed E-state index contributed by atoms with van der Waals surface area (Å²) in [6.45, 7) is 0.0930. The standard InChI is InChI=1S/C15H17FN2O4S/c16-23(21,22)9-10-7-14(19)18(8-10)13-4-2-1-3-12(13)15(20)17-11-5-6-11/h1-4,10-11H,5-9H2,(H,17,20). The number of carbonyl (C=O) groups is 2. The lowest BCUT2D eigenvalue weighted by Gasteiger charge is -2.20. The van der Waals surface area contributed by atoms with Crippen LogP contribution < -0.4 is 10.2 Å². The molecule has 2 aliphatic rings. The highest BCUT2D eigenvalue weighted by atomic mass is 32.3. The lowest BCUT2D eigenvalue weighted by Crippen LogP contribution is -2.31. The SMILES string of the molecule is O=C(NC1CC1)c1ccccc1N1CC(CS(=O)(=O)F)CC1=O. The molecule has 1 aliphatic heterocycles. The highest BCUT2D eigenvalue weighted by Crippen LogP contribution is 2.30. The van der Waals surface area contributed by atoms with E-state index in [1.807, 2.05) is 0 Å². The summed E-state index contributed by atoms with van der Waals surface area (Å²) in [6.07, 6.45) is 1.86. The first-order chi connectivity index (χ1) is 10.8. The third kappa shape index (κ3) is 3.87. The molecule has 0 bridgehead atoms. The Balaban J connectivity index is 1.81. The van der Waals surface area contributed by atoms with E-state index in [-0.39, 0.29) is 30.8 Å². The zero-order valence-electron chi connectivity index (χ0n) is 12.4. The summed E-state index contributed by atoms with van der Waals surface area (Å²) in [7, 11) is -4.63. The van der Waals surface area contributed by atoms with Crippen molar-refractivity contribution in [2.75, 3.05) is 17.2 Å². The molecular weight excluding hydrogens is 323 g/mol. The molecule has 1 N–H and O–H groups in total. The van der Waals surface area contributed by atoms with Gasteiger partial charge in [0.05, 0.1) is 17.0 Å². The summed E-state index contributed by atoms with van der Waals surface area (Å²) < 4.78 is 34.4. The van der Waals surface area contributed by atoms with Gasteiger partial charge >= 0.3 is 10.2 Å². The fourth-order valence-corrected chi connectivity index (χ4v) is 3.59. The lowest BCUT2D eigenvalue weighted by atomic mass is 10.1. The van der Waals surface area contributed by atoms with Gasteiger partial charge in [-0.25, -0.2) is 0 Å². The van der Waals surface area contributed by atoms with Crippen molar-refractivity contribution in [3.05, 3.63) is 29.8 Å². The summed E-state index contributed by atoms with van der Waals surface area (Å²) in [5.41, 5.74) is 0.811. The number of benzene rings is 1. The smallest absolute Gasteiger partial charge is 0.302 e. The van der Waals surface area contributed by atoms with Gasteiger partial charge in [0.15, 0.2) is 0 Å². The molecule has 2 amide bonds. The van der Waals surface area contributed by atoms with E-state index in [1.165, 1.54) is 4.90 Å². The molecule has 8 heteroatoms. The molecule has 6 nitrogen and oxygen atoms in total. The van der Waals surface area contributed by atoms with Crippen molar-refractivity contribution in [3.63, 3.8) is 0 Å². The van der Waals surface area contributed by atoms with Crippen LogP contribution in [-0.2, 0) is 15.0 Å². The second-order valence-corrected chi connectivity index (χ2v) is 7.46. The van der Waals surface area contributed by atoms with Crippen LogP contribution in [0.15, 0.2) is 24.3 Å². The number of rotatable bonds is 5. The number of carbonyl (C=O) groups excluding carboxylic acids is 2. The fraction of sp³-hybridized carbons (Fsp3) is 0.467. The molecular formula is C15H17FN2O4S. The number of anilines is 1. The number of nitrogens with zero attached hydrogens (tertiary/aromatic N) is 1. The zero-order chi connectivity index (χ0) is 16.6. The molecule has 1 aromatic rings. The first-order valence-electron chi connectivity index (χ1n) is 7.46. The van der Waals surface area contributed by atoms with E-state index in [2.05, 4.69) is 5.32 Å². The normalized spacial score (nSPS) is 21.5. The maximum atomic E-state index is 12.8. The predicted octanol–water partition coefficient (Wildman–Crippen LogP) is 1.23. The Hall–Kier alpha value is -1.96. The van der Waals surface area contributed by atoms with Crippen molar-refractivity contribution in [1.29, 1.82) is 0 Å². The first-order valence-corrected chi connectivity index (χ1v) is 9.01. The third-order valence-corrected chi connectivity index (χ3v) is 4.86. The first kappa shape index (κ1) is 15.9. The molecule has 1 heterocycles. The lowest BCUT2D eigenvalue weighted by molar-refractivity contribution is -0.117. The molecule has 1 aliphatic carbocycles. The van der Waals surface area contributed by atoms with E-state index >= 15 is 0 Å². The van der Waals surface area contributed by atoms with Crippen LogP contribution >= 0.6 is 0 Å². The van der Waals surface area contributed by atoms with Crippen molar-refractivity contribution in [3.8, 4) is 0 Å². The van der Waals surface area contributed by atoms with E-state index < -0.39 is 21.9 Å². The average molecular weight is 340 g/mol. The molecule has 1 aromatic carbocycles. The zero-order valence-corrected chi connectivity index (χ0v) is 13.2. The van der Waals surface area contributed by atoms with E-state index in [9.17, 15) is 21.9 Å². The molecule has 1 saturated heterocycles. The molecule has 1 unspecified atom stereocenters. The molecule has 2 fully saturated rings. The number of halogens is 1. The Morgan fingerprint density at radius 3 is 2.65 bits per heavy atom. The number of nitrogens with one attached hydrogen (secondary N) is 1. The van der Waals surface area contributed by atoms with Crippen LogP contribution in [0.25, 0.3) is 0 Å². The second-order valence-electron chi connectivity index (χ2n) is 6.04. The Labute approximate surface area is 133 Å². The maximum Gasteiger partial charge on any atom is 0.302 e. The van der Waals surface area contributed by atoms with Gasteiger partial charge in [-0.3, -0.25) is 9.59 Å². The Morgan fingerprint density at radius 1 is 1.30 bits per heavy atom. The van der Waals surface area contributed by atoms with E-state index in [0.29, 0.717) is 11.3 Å². The van der Waals surface area contributed by atoms with Crippen molar-refractivity contribution in [2.45, 2.75) is 25.3 Å². The molecule has 3 rings (SSSR count). The molecule has 124 valence electrons. The number of hydrogen-bond acceptors (Lipinski definition) is 4. The van der Waals surface area contributed by atoms with Gasteiger partial charge in [-0.2, -0.15) is 8.42 Å². The van der Waals surface area contributed by atoms with Crippen molar-refractivity contribution in [1.82, 2.24) is 5.32 Å². The van der Waals surface area contributed by atoms with Crippen LogP contribution in [0.2, 0.25) is 0 Å². The van der Waals surface area contributed by atoms with E-state index in [0.717, 1.165) is 12.8 Å². The van der Waals surface area contributed by atoms with Crippen LogP contribution in [0.5, 0.6) is 0 Å².